The molecule has 1 aliphatic heterocycles. The summed E-state index contributed by atoms with van der Waals surface area (Å²) in [4.78, 5) is 49.0. The number of hydrogen-bond donors (Lipinski definition) is 1. The predicted octanol–water partition coefficient (Wildman–Crippen LogP) is 1.55. The van der Waals surface area contributed by atoms with E-state index in [0.29, 0.717) is 11.3 Å². The van der Waals surface area contributed by atoms with Gasteiger partial charge < -0.3 is 10.1 Å². The minimum absolute atomic E-state index is 0.0462. The van der Waals surface area contributed by atoms with Crippen molar-refractivity contribution in [2.24, 2.45) is 14.1 Å². The Morgan fingerprint density at radius 3 is 2.67 bits per heavy atom. The highest BCUT2D eigenvalue weighted by Gasteiger charge is 2.37. The smallest absolute Gasteiger partial charge is 0.337 e. The number of nitrogens with one attached hydrogen (secondary N) is 1. The number of carbonyl (C=O) groups excluding carboxylic acids is 1. The second-order valence-electron chi connectivity index (χ2n) is 6.80. The van der Waals surface area contributed by atoms with E-state index in [2.05, 4.69) is 11.9 Å². The van der Waals surface area contributed by atoms with Crippen molar-refractivity contribution in [2.45, 2.75) is 12.8 Å². The van der Waals surface area contributed by atoms with E-state index >= 15 is 0 Å². The molecule has 1 unspecified atom stereocenters. The molecule has 10 nitrogen and oxygen atoms in total. The Morgan fingerprint density at radius 2 is 2.03 bits per heavy atom. The van der Waals surface area contributed by atoms with Crippen LogP contribution in [0.1, 0.15) is 24.0 Å². The molecule has 156 valence electrons. The van der Waals surface area contributed by atoms with E-state index in [4.69, 9.17) is 4.74 Å². The van der Waals surface area contributed by atoms with E-state index in [1.807, 2.05) is 0 Å². The zero-order valence-electron chi connectivity index (χ0n) is 16.7. The van der Waals surface area contributed by atoms with E-state index in [1.54, 1.807) is 13.0 Å². The number of esters is 1. The first-order valence-electron chi connectivity index (χ1n) is 8.99. The number of non-ortho nitro benzene ring substituents is 1. The maximum Gasteiger partial charge on any atom is 0.337 e. The van der Waals surface area contributed by atoms with Gasteiger partial charge in [-0.3, -0.25) is 24.0 Å². The van der Waals surface area contributed by atoms with Gasteiger partial charge in [-0.15, -0.1) is 0 Å². The van der Waals surface area contributed by atoms with Crippen molar-refractivity contribution in [2.75, 3.05) is 11.9 Å². The third-order valence-corrected chi connectivity index (χ3v) is 4.95. The molecule has 0 amide bonds. The number of allylic oxidation sites excluding steroid dienone is 1. The van der Waals surface area contributed by atoms with Crippen LogP contribution in [0.2, 0.25) is 0 Å². The predicted molar refractivity (Wildman–Crippen MR) is 109 cm³/mol. The number of hydrogen-bond acceptors (Lipinski definition) is 7. The SMILES string of the molecule is C=CCOC(=O)C1=C(C)Nc2c(c(=O)n(C)c(=O)n2C)C1c1cccc([N+](=O)[O-])c1. The van der Waals surface area contributed by atoms with Crippen molar-refractivity contribution >= 4 is 17.5 Å². The second-order valence-corrected chi connectivity index (χ2v) is 6.80. The van der Waals surface area contributed by atoms with Crippen LogP contribution in [-0.4, -0.2) is 26.6 Å². The van der Waals surface area contributed by atoms with Gasteiger partial charge in [0.15, 0.2) is 0 Å². The molecule has 0 fully saturated rings. The van der Waals surface area contributed by atoms with Crippen LogP contribution in [-0.2, 0) is 23.6 Å². The fourth-order valence-electron chi connectivity index (χ4n) is 3.52. The van der Waals surface area contributed by atoms with Crippen LogP contribution >= 0.6 is 0 Å². The molecule has 0 radical (unpaired) electrons. The Morgan fingerprint density at radius 1 is 1.33 bits per heavy atom. The molecule has 1 aromatic heterocycles. The number of nitro benzene ring substituents is 1. The lowest BCUT2D eigenvalue weighted by molar-refractivity contribution is -0.384. The number of carbonyl (C=O) groups is 1. The van der Waals surface area contributed by atoms with Gasteiger partial charge in [0, 0.05) is 31.9 Å². The Bertz CT molecular complexity index is 1220. The molecule has 1 aromatic carbocycles. The number of nitrogens with zero attached hydrogens (tertiary/aromatic N) is 3. The molecule has 1 aliphatic rings. The molecule has 0 bridgehead atoms. The molecule has 30 heavy (non-hydrogen) atoms. The summed E-state index contributed by atoms with van der Waals surface area (Å²) in [7, 11) is 2.82. The molecule has 0 spiro atoms. The van der Waals surface area contributed by atoms with Gasteiger partial charge in [-0.05, 0) is 12.5 Å². The fourth-order valence-corrected chi connectivity index (χ4v) is 3.52. The molecule has 10 heteroatoms. The Kier molecular flexibility index (Phi) is 5.41. The summed E-state index contributed by atoms with van der Waals surface area (Å²) in [5.41, 5.74) is -0.375. The van der Waals surface area contributed by atoms with Crippen LogP contribution in [0.3, 0.4) is 0 Å². The van der Waals surface area contributed by atoms with Crippen LogP contribution in [0.15, 0.2) is 57.8 Å². The van der Waals surface area contributed by atoms with Gasteiger partial charge in [-0.2, -0.15) is 0 Å². The number of ether oxygens (including phenoxy) is 1. The van der Waals surface area contributed by atoms with Crippen molar-refractivity contribution in [3.05, 3.63) is 90.3 Å². The highest BCUT2D eigenvalue weighted by molar-refractivity contribution is 5.94. The van der Waals surface area contributed by atoms with Crippen molar-refractivity contribution in [3.63, 3.8) is 0 Å². The largest absolute Gasteiger partial charge is 0.458 e. The summed E-state index contributed by atoms with van der Waals surface area (Å²) >= 11 is 0. The summed E-state index contributed by atoms with van der Waals surface area (Å²) in [6.45, 7) is 5.08. The van der Waals surface area contributed by atoms with E-state index < -0.39 is 28.1 Å². The first-order chi connectivity index (χ1) is 14.2. The standard InChI is InChI=1S/C20H20N4O6/c1-5-9-30-19(26)14-11(2)21-17-16(18(25)23(4)20(27)22(17)3)15(14)12-7-6-8-13(10-12)24(28)29/h5-8,10,15,21H,1,9H2,2-4H3. The molecule has 0 saturated carbocycles. The number of rotatable bonds is 5. The third-order valence-electron chi connectivity index (χ3n) is 4.95. The van der Waals surface area contributed by atoms with Gasteiger partial charge in [-0.25, -0.2) is 9.59 Å². The first-order valence-corrected chi connectivity index (χ1v) is 8.99. The Hall–Kier alpha value is -3.95. The van der Waals surface area contributed by atoms with Crippen molar-refractivity contribution in [1.29, 1.82) is 0 Å². The monoisotopic (exact) mass is 412 g/mol. The van der Waals surface area contributed by atoms with Crippen LogP contribution in [0, 0.1) is 10.1 Å². The van der Waals surface area contributed by atoms with Crippen molar-refractivity contribution in [3.8, 4) is 0 Å². The number of benzene rings is 1. The number of nitro groups is 1. The average molecular weight is 412 g/mol. The lowest BCUT2D eigenvalue weighted by Gasteiger charge is -2.30. The normalized spacial score (nSPS) is 15.2. The van der Waals surface area contributed by atoms with E-state index in [1.165, 1.54) is 42.9 Å². The number of aromatic nitrogens is 2. The minimum Gasteiger partial charge on any atom is -0.458 e. The Labute approximate surface area is 170 Å². The molecular weight excluding hydrogens is 392 g/mol. The molecule has 2 heterocycles. The molecule has 0 saturated heterocycles. The molecule has 1 atom stereocenters. The quantitative estimate of drug-likeness (QED) is 0.342. The minimum atomic E-state index is -0.969. The van der Waals surface area contributed by atoms with Crippen LogP contribution < -0.4 is 16.6 Å². The highest BCUT2D eigenvalue weighted by Crippen LogP contribution is 2.40. The number of fused-ring (bicyclic) bond motifs is 1. The maximum absolute atomic E-state index is 13.1. The highest BCUT2D eigenvalue weighted by atomic mass is 16.6. The van der Waals surface area contributed by atoms with Gasteiger partial charge in [0.05, 0.1) is 22.0 Å². The lowest BCUT2D eigenvalue weighted by atomic mass is 9.82. The zero-order chi connectivity index (χ0) is 22.2. The second kappa shape index (κ2) is 7.82. The fraction of sp³-hybridized carbons (Fsp3) is 0.250. The molecular formula is C20H20N4O6. The van der Waals surface area contributed by atoms with Crippen LogP contribution in [0.5, 0.6) is 0 Å². The van der Waals surface area contributed by atoms with Gasteiger partial charge >= 0.3 is 11.7 Å². The third kappa shape index (κ3) is 3.32. The molecule has 3 rings (SSSR count). The summed E-state index contributed by atoms with van der Waals surface area (Å²) in [5, 5.41) is 14.2. The summed E-state index contributed by atoms with van der Waals surface area (Å²) in [6.07, 6.45) is 1.41. The number of anilines is 1. The maximum atomic E-state index is 13.1. The first kappa shape index (κ1) is 20.8. The molecule has 2 aromatic rings. The zero-order valence-corrected chi connectivity index (χ0v) is 16.7. The summed E-state index contributed by atoms with van der Waals surface area (Å²) < 4.78 is 7.39. The lowest BCUT2D eigenvalue weighted by Crippen LogP contribution is -2.43. The van der Waals surface area contributed by atoms with E-state index in [9.17, 15) is 24.5 Å². The van der Waals surface area contributed by atoms with Gasteiger partial charge in [-0.1, -0.05) is 24.8 Å². The van der Waals surface area contributed by atoms with E-state index in [0.717, 1.165) is 4.57 Å². The van der Waals surface area contributed by atoms with Gasteiger partial charge in [0.1, 0.15) is 12.4 Å². The van der Waals surface area contributed by atoms with Crippen LogP contribution in [0.25, 0.3) is 0 Å². The van der Waals surface area contributed by atoms with Gasteiger partial charge in [0.2, 0.25) is 0 Å². The summed E-state index contributed by atoms with van der Waals surface area (Å²) in [6, 6.07) is 5.68. The van der Waals surface area contributed by atoms with Crippen LogP contribution in [0.4, 0.5) is 11.5 Å². The topological polar surface area (TPSA) is 125 Å². The van der Waals surface area contributed by atoms with Gasteiger partial charge in [0.25, 0.3) is 11.2 Å². The Balaban J connectivity index is 2.36. The molecule has 1 N–H and O–H groups in total. The van der Waals surface area contributed by atoms with Crippen molar-refractivity contribution < 1.29 is 14.5 Å². The van der Waals surface area contributed by atoms with E-state index in [-0.39, 0.29) is 29.2 Å². The summed E-state index contributed by atoms with van der Waals surface area (Å²) in [5.74, 6) is -1.45. The molecule has 0 aliphatic carbocycles. The van der Waals surface area contributed by atoms with Crippen molar-refractivity contribution in [1.82, 2.24) is 9.13 Å². The average Bonchev–Trinajstić information content (AvgIpc) is 2.73.